The van der Waals surface area contributed by atoms with Gasteiger partial charge in [-0.05, 0) is 42.5 Å². The Morgan fingerprint density at radius 3 is 2.47 bits per heavy atom. The number of hydrogen-bond donors (Lipinski definition) is 2. The van der Waals surface area contributed by atoms with Gasteiger partial charge in [0.15, 0.2) is 0 Å². The number of nitrogens with zero attached hydrogens (tertiary/aromatic N) is 1. The smallest absolute Gasteiger partial charge is 0.251 e. The highest BCUT2D eigenvalue weighted by Gasteiger charge is 2.35. The van der Waals surface area contributed by atoms with E-state index in [9.17, 15) is 13.6 Å². The van der Waals surface area contributed by atoms with Gasteiger partial charge in [0, 0.05) is 36.6 Å². The maximum Gasteiger partial charge on any atom is 0.251 e. The van der Waals surface area contributed by atoms with Gasteiger partial charge in [0.05, 0.1) is 33.5 Å². The Bertz CT molecular complexity index is 990. The topological polar surface area (TPSA) is 58.4 Å². The van der Waals surface area contributed by atoms with E-state index in [0.29, 0.717) is 11.4 Å². The number of rotatable bonds is 7. The van der Waals surface area contributed by atoms with Crippen LogP contribution in [0.3, 0.4) is 0 Å². The van der Waals surface area contributed by atoms with Gasteiger partial charge in [0.25, 0.3) is 5.92 Å². The molecule has 1 aliphatic heterocycles. The lowest BCUT2D eigenvalue weighted by Crippen LogP contribution is -2.39. The number of benzene rings is 2. The molecule has 0 atom stereocenters. The number of anilines is 3. The van der Waals surface area contributed by atoms with Crippen molar-refractivity contribution in [1.29, 1.82) is 0 Å². The lowest BCUT2D eigenvalue weighted by Gasteiger charge is -2.34. The van der Waals surface area contributed by atoms with E-state index in [1.165, 1.54) is 23.8 Å². The Hall–Kier alpha value is -1.70. The third-order valence-electron chi connectivity index (χ3n) is 5.79. The SMILES string of the molecule is Nc1c(NC(=O)Cc2ccc(SCC3CC3)cc2)cc(Cl)c(N2CCC(F)(F)CC2)c1Cl. The van der Waals surface area contributed by atoms with E-state index in [2.05, 4.69) is 5.32 Å². The van der Waals surface area contributed by atoms with Crippen LogP contribution in [0.2, 0.25) is 10.0 Å². The van der Waals surface area contributed by atoms with Gasteiger partial charge in [0.2, 0.25) is 5.91 Å². The van der Waals surface area contributed by atoms with Crippen molar-refractivity contribution in [2.45, 2.75) is 42.9 Å². The number of piperidine rings is 1. The molecule has 2 aliphatic rings. The van der Waals surface area contributed by atoms with Gasteiger partial charge in [-0.3, -0.25) is 4.79 Å². The first-order valence-electron chi connectivity index (χ1n) is 10.6. The second kappa shape index (κ2) is 9.65. The maximum atomic E-state index is 13.5. The van der Waals surface area contributed by atoms with Crippen LogP contribution in [-0.2, 0) is 11.2 Å². The standard InChI is InChI=1S/C23H25Cl2F2N3OS/c24-17-12-18(21(28)20(25)22(17)30-9-7-23(26,27)8-10-30)29-19(31)11-14-3-5-16(6-4-14)32-13-15-1-2-15/h3-6,12,15H,1-2,7-11,13,28H2,(H,29,31). The minimum Gasteiger partial charge on any atom is -0.396 e. The minimum atomic E-state index is -2.68. The monoisotopic (exact) mass is 499 g/mol. The molecule has 0 unspecified atom stereocenters. The van der Waals surface area contributed by atoms with Crippen LogP contribution in [0.25, 0.3) is 0 Å². The average Bonchev–Trinajstić information content (AvgIpc) is 3.57. The first kappa shape index (κ1) is 23.5. The zero-order chi connectivity index (χ0) is 22.9. The molecule has 1 saturated carbocycles. The lowest BCUT2D eigenvalue weighted by molar-refractivity contribution is -0.115. The highest BCUT2D eigenvalue weighted by Crippen LogP contribution is 2.44. The van der Waals surface area contributed by atoms with Crippen LogP contribution in [0.5, 0.6) is 0 Å². The fraction of sp³-hybridized carbons (Fsp3) is 0.435. The van der Waals surface area contributed by atoms with Crippen LogP contribution >= 0.6 is 35.0 Å². The molecule has 1 heterocycles. The largest absolute Gasteiger partial charge is 0.396 e. The Morgan fingerprint density at radius 1 is 1.19 bits per heavy atom. The number of amides is 1. The Morgan fingerprint density at radius 2 is 1.84 bits per heavy atom. The molecule has 2 aromatic carbocycles. The van der Waals surface area contributed by atoms with Crippen molar-refractivity contribution in [1.82, 2.24) is 0 Å². The van der Waals surface area contributed by atoms with Crippen LogP contribution in [0.15, 0.2) is 35.2 Å². The molecule has 2 fully saturated rings. The number of carbonyl (C=O) groups excluding carboxylic acids is 1. The van der Waals surface area contributed by atoms with Crippen LogP contribution in [0.4, 0.5) is 25.8 Å². The Labute approximate surface area is 200 Å². The summed E-state index contributed by atoms with van der Waals surface area (Å²) in [6.07, 6.45) is 2.31. The van der Waals surface area contributed by atoms with Crippen molar-refractivity contribution in [3.05, 3.63) is 45.9 Å². The van der Waals surface area contributed by atoms with E-state index in [0.717, 1.165) is 17.2 Å². The van der Waals surface area contributed by atoms with E-state index >= 15 is 0 Å². The number of thioether (sulfide) groups is 1. The van der Waals surface area contributed by atoms with E-state index < -0.39 is 5.92 Å². The minimum absolute atomic E-state index is 0.131. The molecule has 0 aromatic heterocycles. The second-order valence-electron chi connectivity index (χ2n) is 8.45. The Balaban J connectivity index is 1.39. The highest BCUT2D eigenvalue weighted by molar-refractivity contribution is 7.99. The Kier molecular flexibility index (Phi) is 7.08. The predicted octanol–water partition coefficient (Wildman–Crippen LogP) is 6.49. The fourth-order valence-electron chi connectivity index (χ4n) is 3.66. The second-order valence-corrected chi connectivity index (χ2v) is 10.3. The van der Waals surface area contributed by atoms with Crippen molar-refractivity contribution >= 4 is 57.9 Å². The van der Waals surface area contributed by atoms with E-state index in [1.54, 1.807) is 4.90 Å². The maximum absolute atomic E-state index is 13.5. The van der Waals surface area contributed by atoms with Crippen molar-refractivity contribution in [2.24, 2.45) is 5.92 Å². The zero-order valence-corrected chi connectivity index (χ0v) is 19.8. The molecule has 3 N–H and O–H groups in total. The molecule has 172 valence electrons. The molecule has 1 amide bonds. The molecule has 2 aromatic rings. The molecular weight excluding hydrogens is 475 g/mol. The molecule has 9 heteroatoms. The molecular formula is C23H25Cl2F2N3OS. The summed E-state index contributed by atoms with van der Waals surface area (Å²) in [5.41, 5.74) is 7.95. The number of nitrogens with two attached hydrogens (primary N) is 1. The van der Waals surface area contributed by atoms with Gasteiger partial charge in [0.1, 0.15) is 0 Å². The molecule has 0 radical (unpaired) electrons. The normalized spacial score (nSPS) is 17.9. The van der Waals surface area contributed by atoms with E-state index in [-0.39, 0.29) is 54.0 Å². The lowest BCUT2D eigenvalue weighted by atomic mass is 10.1. The third kappa shape index (κ3) is 5.80. The number of halogens is 4. The molecule has 1 saturated heterocycles. The van der Waals surface area contributed by atoms with Gasteiger partial charge in [-0.25, -0.2) is 8.78 Å². The first-order chi connectivity index (χ1) is 15.2. The summed E-state index contributed by atoms with van der Waals surface area (Å²) in [4.78, 5) is 15.5. The van der Waals surface area contributed by atoms with Crippen LogP contribution in [0.1, 0.15) is 31.2 Å². The molecule has 4 rings (SSSR count). The number of nitrogens with one attached hydrogen (secondary N) is 1. The van der Waals surface area contributed by atoms with Crippen molar-refractivity contribution in [3.63, 3.8) is 0 Å². The number of carbonyl (C=O) groups is 1. The van der Waals surface area contributed by atoms with Crippen molar-refractivity contribution in [3.8, 4) is 0 Å². The van der Waals surface area contributed by atoms with E-state index in [4.69, 9.17) is 28.9 Å². The quantitative estimate of drug-likeness (QED) is 0.337. The van der Waals surface area contributed by atoms with Crippen LogP contribution in [-0.4, -0.2) is 30.7 Å². The van der Waals surface area contributed by atoms with Crippen LogP contribution < -0.4 is 16.0 Å². The van der Waals surface area contributed by atoms with Gasteiger partial charge in [-0.15, -0.1) is 11.8 Å². The number of nitrogen functional groups attached to an aromatic ring is 1. The summed E-state index contributed by atoms with van der Waals surface area (Å²) >= 11 is 14.7. The third-order valence-corrected chi connectivity index (χ3v) is 7.70. The van der Waals surface area contributed by atoms with Gasteiger partial charge in [-0.2, -0.15) is 0 Å². The van der Waals surface area contributed by atoms with E-state index in [1.807, 2.05) is 36.0 Å². The average molecular weight is 500 g/mol. The van der Waals surface area contributed by atoms with Crippen molar-refractivity contribution < 1.29 is 13.6 Å². The molecule has 1 aliphatic carbocycles. The van der Waals surface area contributed by atoms with Crippen molar-refractivity contribution in [2.75, 3.05) is 34.8 Å². The summed E-state index contributed by atoms with van der Waals surface area (Å²) in [6.45, 7) is 0.263. The summed E-state index contributed by atoms with van der Waals surface area (Å²) in [6, 6.07) is 9.50. The molecule has 0 bridgehead atoms. The number of hydrogen-bond acceptors (Lipinski definition) is 4. The summed E-state index contributed by atoms with van der Waals surface area (Å²) in [5.74, 6) is -0.913. The first-order valence-corrected chi connectivity index (χ1v) is 12.4. The van der Waals surface area contributed by atoms with Gasteiger partial charge in [-0.1, -0.05) is 35.3 Å². The molecule has 4 nitrogen and oxygen atoms in total. The molecule has 32 heavy (non-hydrogen) atoms. The summed E-state index contributed by atoms with van der Waals surface area (Å²) < 4.78 is 27.0. The fourth-order valence-corrected chi connectivity index (χ4v) is 5.44. The molecule has 0 spiro atoms. The summed E-state index contributed by atoms with van der Waals surface area (Å²) in [5, 5.41) is 3.20. The summed E-state index contributed by atoms with van der Waals surface area (Å²) in [7, 11) is 0. The van der Waals surface area contributed by atoms with Gasteiger partial charge >= 0.3 is 0 Å². The van der Waals surface area contributed by atoms with Crippen LogP contribution in [0, 0.1) is 5.92 Å². The predicted molar refractivity (Wildman–Crippen MR) is 129 cm³/mol. The van der Waals surface area contributed by atoms with Gasteiger partial charge < -0.3 is 16.0 Å². The highest BCUT2D eigenvalue weighted by atomic mass is 35.5. The zero-order valence-electron chi connectivity index (χ0n) is 17.5. The number of alkyl halides is 2.